The number of nitrogens with zero attached hydrogens (tertiary/aromatic N) is 1. The molecule has 3 nitrogen and oxygen atoms in total. The zero-order valence-electron chi connectivity index (χ0n) is 11.5. The SMILES string of the molecule is COc1ccc(C)cc1CCN1CCCNCC1. The first-order chi connectivity index (χ1) is 8.79. The van der Waals surface area contributed by atoms with Crippen molar-refractivity contribution in [1.29, 1.82) is 0 Å². The second-order valence-electron chi connectivity index (χ2n) is 5.01. The van der Waals surface area contributed by atoms with Crippen molar-refractivity contribution in [2.45, 2.75) is 19.8 Å². The molecule has 1 aromatic rings. The summed E-state index contributed by atoms with van der Waals surface area (Å²) in [6.07, 6.45) is 2.33. The number of nitrogens with one attached hydrogen (secondary N) is 1. The lowest BCUT2D eigenvalue weighted by Crippen LogP contribution is -2.30. The summed E-state index contributed by atoms with van der Waals surface area (Å²) >= 11 is 0. The molecule has 0 amide bonds. The quantitative estimate of drug-likeness (QED) is 0.880. The van der Waals surface area contributed by atoms with E-state index in [2.05, 4.69) is 35.3 Å². The summed E-state index contributed by atoms with van der Waals surface area (Å²) in [7, 11) is 1.75. The van der Waals surface area contributed by atoms with Gasteiger partial charge in [0.2, 0.25) is 0 Å². The Balaban J connectivity index is 1.94. The molecule has 0 bridgehead atoms. The molecule has 2 rings (SSSR count). The Kier molecular flexibility index (Phi) is 5.02. The number of rotatable bonds is 4. The summed E-state index contributed by atoms with van der Waals surface area (Å²) in [5, 5.41) is 3.44. The predicted molar refractivity (Wildman–Crippen MR) is 75.4 cm³/mol. The van der Waals surface area contributed by atoms with Gasteiger partial charge in [-0.25, -0.2) is 0 Å². The molecule has 1 saturated heterocycles. The first-order valence-electron chi connectivity index (χ1n) is 6.86. The molecule has 1 N–H and O–H groups in total. The number of ether oxygens (including phenoxy) is 1. The Morgan fingerprint density at radius 2 is 2.17 bits per heavy atom. The van der Waals surface area contributed by atoms with Crippen LogP contribution in [0.3, 0.4) is 0 Å². The Morgan fingerprint density at radius 3 is 3.00 bits per heavy atom. The fourth-order valence-electron chi connectivity index (χ4n) is 2.51. The number of benzene rings is 1. The van der Waals surface area contributed by atoms with E-state index in [0.717, 1.165) is 38.3 Å². The van der Waals surface area contributed by atoms with Crippen LogP contribution in [0.4, 0.5) is 0 Å². The Hall–Kier alpha value is -1.06. The monoisotopic (exact) mass is 248 g/mol. The van der Waals surface area contributed by atoms with Crippen molar-refractivity contribution < 1.29 is 4.74 Å². The van der Waals surface area contributed by atoms with E-state index in [1.165, 1.54) is 24.1 Å². The van der Waals surface area contributed by atoms with E-state index in [0.29, 0.717) is 0 Å². The van der Waals surface area contributed by atoms with E-state index in [1.807, 2.05) is 0 Å². The third-order valence-electron chi connectivity index (χ3n) is 3.57. The molecule has 1 aromatic carbocycles. The van der Waals surface area contributed by atoms with Crippen molar-refractivity contribution in [3.05, 3.63) is 29.3 Å². The predicted octanol–water partition coefficient (Wildman–Crippen LogP) is 1.84. The highest BCUT2D eigenvalue weighted by Gasteiger charge is 2.10. The second kappa shape index (κ2) is 6.76. The van der Waals surface area contributed by atoms with Gasteiger partial charge in [-0.15, -0.1) is 0 Å². The molecule has 1 aliphatic heterocycles. The molecule has 1 heterocycles. The third kappa shape index (κ3) is 3.72. The van der Waals surface area contributed by atoms with Gasteiger partial charge in [0.1, 0.15) is 5.75 Å². The molecule has 1 fully saturated rings. The smallest absolute Gasteiger partial charge is 0.122 e. The van der Waals surface area contributed by atoms with E-state index in [-0.39, 0.29) is 0 Å². The number of methoxy groups -OCH3 is 1. The van der Waals surface area contributed by atoms with Crippen LogP contribution in [0.5, 0.6) is 5.75 Å². The normalized spacial score (nSPS) is 17.4. The maximum Gasteiger partial charge on any atom is 0.122 e. The maximum absolute atomic E-state index is 5.43. The van der Waals surface area contributed by atoms with Crippen LogP contribution in [0.1, 0.15) is 17.5 Å². The first kappa shape index (κ1) is 13.4. The zero-order valence-corrected chi connectivity index (χ0v) is 11.5. The first-order valence-corrected chi connectivity index (χ1v) is 6.86. The lowest BCUT2D eigenvalue weighted by atomic mass is 10.1. The average molecular weight is 248 g/mol. The van der Waals surface area contributed by atoms with Crippen molar-refractivity contribution in [1.82, 2.24) is 10.2 Å². The summed E-state index contributed by atoms with van der Waals surface area (Å²) in [4.78, 5) is 2.54. The van der Waals surface area contributed by atoms with Gasteiger partial charge in [-0.1, -0.05) is 17.7 Å². The highest BCUT2D eigenvalue weighted by Crippen LogP contribution is 2.20. The molecular formula is C15H24N2O. The van der Waals surface area contributed by atoms with Crippen molar-refractivity contribution in [2.75, 3.05) is 39.8 Å². The summed E-state index contributed by atoms with van der Waals surface area (Å²) in [5.74, 6) is 1.02. The van der Waals surface area contributed by atoms with E-state index < -0.39 is 0 Å². The summed E-state index contributed by atoms with van der Waals surface area (Å²) < 4.78 is 5.43. The number of hydrogen-bond donors (Lipinski definition) is 1. The summed E-state index contributed by atoms with van der Waals surface area (Å²) in [5.41, 5.74) is 2.64. The topological polar surface area (TPSA) is 24.5 Å². The van der Waals surface area contributed by atoms with Crippen LogP contribution in [0, 0.1) is 6.92 Å². The van der Waals surface area contributed by atoms with Crippen molar-refractivity contribution in [3.8, 4) is 5.75 Å². The van der Waals surface area contributed by atoms with E-state index in [1.54, 1.807) is 7.11 Å². The molecule has 0 atom stereocenters. The minimum atomic E-state index is 1.02. The molecule has 3 heteroatoms. The van der Waals surface area contributed by atoms with Crippen LogP contribution in [0.2, 0.25) is 0 Å². The minimum absolute atomic E-state index is 1.02. The van der Waals surface area contributed by atoms with Crippen molar-refractivity contribution >= 4 is 0 Å². The molecule has 0 saturated carbocycles. The molecule has 1 aliphatic rings. The zero-order chi connectivity index (χ0) is 12.8. The summed E-state index contributed by atoms with van der Waals surface area (Å²) in [6, 6.07) is 6.43. The molecule has 0 unspecified atom stereocenters. The number of aryl methyl sites for hydroxylation is 1. The van der Waals surface area contributed by atoms with Crippen LogP contribution < -0.4 is 10.1 Å². The van der Waals surface area contributed by atoms with Gasteiger partial charge in [-0.2, -0.15) is 0 Å². The maximum atomic E-state index is 5.43. The van der Waals surface area contributed by atoms with E-state index in [4.69, 9.17) is 4.74 Å². The highest BCUT2D eigenvalue weighted by atomic mass is 16.5. The molecule has 0 aliphatic carbocycles. The average Bonchev–Trinajstić information content (AvgIpc) is 2.65. The van der Waals surface area contributed by atoms with Crippen molar-refractivity contribution in [3.63, 3.8) is 0 Å². The van der Waals surface area contributed by atoms with Gasteiger partial charge in [0.25, 0.3) is 0 Å². The second-order valence-corrected chi connectivity index (χ2v) is 5.01. The van der Waals surface area contributed by atoms with Crippen LogP contribution in [0.25, 0.3) is 0 Å². The minimum Gasteiger partial charge on any atom is -0.496 e. The standard InChI is InChI=1S/C15H24N2O/c1-13-4-5-15(18-2)14(12-13)6-10-17-9-3-7-16-8-11-17/h4-5,12,16H,3,6-11H2,1-2H3. The summed E-state index contributed by atoms with van der Waals surface area (Å²) in [6.45, 7) is 7.91. The van der Waals surface area contributed by atoms with Crippen LogP contribution in [0.15, 0.2) is 18.2 Å². The molecule has 100 valence electrons. The van der Waals surface area contributed by atoms with Crippen LogP contribution in [-0.2, 0) is 6.42 Å². The Labute approximate surface area is 110 Å². The molecule has 0 radical (unpaired) electrons. The van der Waals surface area contributed by atoms with E-state index >= 15 is 0 Å². The largest absolute Gasteiger partial charge is 0.496 e. The Morgan fingerprint density at radius 1 is 1.28 bits per heavy atom. The van der Waals surface area contributed by atoms with Gasteiger partial charge in [0.05, 0.1) is 7.11 Å². The third-order valence-corrected chi connectivity index (χ3v) is 3.57. The van der Waals surface area contributed by atoms with Crippen molar-refractivity contribution in [2.24, 2.45) is 0 Å². The fourth-order valence-corrected chi connectivity index (χ4v) is 2.51. The van der Waals surface area contributed by atoms with Gasteiger partial charge in [-0.05, 0) is 44.5 Å². The van der Waals surface area contributed by atoms with Gasteiger partial charge in [0.15, 0.2) is 0 Å². The molecule has 0 aromatic heterocycles. The lowest BCUT2D eigenvalue weighted by Gasteiger charge is -2.20. The lowest BCUT2D eigenvalue weighted by molar-refractivity contribution is 0.294. The fraction of sp³-hybridized carbons (Fsp3) is 0.600. The van der Waals surface area contributed by atoms with Gasteiger partial charge in [-0.3, -0.25) is 0 Å². The van der Waals surface area contributed by atoms with Gasteiger partial charge < -0.3 is 15.0 Å². The van der Waals surface area contributed by atoms with E-state index in [9.17, 15) is 0 Å². The highest BCUT2D eigenvalue weighted by molar-refractivity contribution is 5.37. The van der Waals surface area contributed by atoms with Gasteiger partial charge >= 0.3 is 0 Å². The molecule has 18 heavy (non-hydrogen) atoms. The molecule has 0 spiro atoms. The number of hydrogen-bond acceptors (Lipinski definition) is 3. The molecular weight excluding hydrogens is 224 g/mol. The Bertz CT molecular complexity index is 371. The van der Waals surface area contributed by atoms with Gasteiger partial charge in [0, 0.05) is 19.6 Å². The van der Waals surface area contributed by atoms with Crippen LogP contribution in [-0.4, -0.2) is 44.7 Å². The van der Waals surface area contributed by atoms with Crippen LogP contribution >= 0.6 is 0 Å².